The van der Waals surface area contributed by atoms with Crippen molar-refractivity contribution in [2.24, 2.45) is 0 Å². The van der Waals surface area contributed by atoms with Crippen molar-refractivity contribution in [1.29, 1.82) is 0 Å². The monoisotopic (exact) mass is 467 g/mol. The molecule has 10 heteroatoms. The van der Waals surface area contributed by atoms with Crippen molar-refractivity contribution in [3.63, 3.8) is 0 Å². The molecule has 1 heterocycles. The van der Waals surface area contributed by atoms with E-state index >= 15 is 0 Å². The summed E-state index contributed by atoms with van der Waals surface area (Å²) in [5.41, 5.74) is 1.17. The smallest absolute Gasteiger partial charge is 0.240 e. The van der Waals surface area contributed by atoms with Gasteiger partial charge in [-0.05, 0) is 42.8 Å². The first-order valence-electron chi connectivity index (χ1n) is 10.4. The summed E-state index contributed by atoms with van der Waals surface area (Å²) in [6.07, 6.45) is -0.0121. The number of amides is 1. The zero-order valence-electron chi connectivity index (χ0n) is 17.9. The van der Waals surface area contributed by atoms with Crippen molar-refractivity contribution < 1.29 is 26.7 Å². The molecule has 1 aliphatic heterocycles. The van der Waals surface area contributed by atoms with Gasteiger partial charge >= 0.3 is 0 Å². The summed E-state index contributed by atoms with van der Waals surface area (Å²) in [6, 6.07) is 10.3. The molecular formula is C22H27F2N3O4S. The maximum absolute atomic E-state index is 13.3. The number of hydrogen-bond donors (Lipinski definition) is 1. The molecule has 32 heavy (non-hydrogen) atoms. The van der Waals surface area contributed by atoms with Gasteiger partial charge in [0.05, 0.1) is 11.5 Å². The third-order valence-corrected chi connectivity index (χ3v) is 6.66. The van der Waals surface area contributed by atoms with Gasteiger partial charge in [-0.1, -0.05) is 12.1 Å². The zero-order valence-corrected chi connectivity index (χ0v) is 18.7. The summed E-state index contributed by atoms with van der Waals surface area (Å²) in [6.45, 7) is 5.80. The lowest BCUT2D eigenvalue weighted by atomic mass is 10.2. The molecule has 174 valence electrons. The number of nitrogens with zero attached hydrogens (tertiary/aromatic N) is 2. The van der Waals surface area contributed by atoms with Crippen LogP contribution in [-0.2, 0) is 21.4 Å². The van der Waals surface area contributed by atoms with E-state index in [0.29, 0.717) is 25.8 Å². The Balaban J connectivity index is 1.41. The quantitative estimate of drug-likeness (QED) is 0.613. The van der Waals surface area contributed by atoms with Crippen LogP contribution in [0, 0.1) is 11.6 Å². The maximum Gasteiger partial charge on any atom is 0.240 e. The average Bonchev–Trinajstić information content (AvgIpc) is 2.77. The third kappa shape index (κ3) is 6.47. The number of ether oxygens (including phenoxy) is 1. The predicted octanol–water partition coefficient (Wildman–Crippen LogP) is 2.38. The van der Waals surface area contributed by atoms with Crippen LogP contribution in [0.3, 0.4) is 0 Å². The minimum absolute atomic E-state index is 0.0121. The maximum atomic E-state index is 13.3. The Morgan fingerprint density at radius 2 is 1.72 bits per heavy atom. The minimum atomic E-state index is -4.02. The summed E-state index contributed by atoms with van der Waals surface area (Å²) in [5, 5.41) is 0. The van der Waals surface area contributed by atoms with Crippen molar-refractivity contribution >= 4 is 15.9 Å². The molecule has 2 aromatic carbocycles. The van der Waals surface area contributed by atoms with Gasteiger partial charge in [0, 0.05) is 45.7 Å². The highest BCUT2D eigenvalue weighted by Crippen LogP contribution is 2.16. The molecule has 0 spiro atoms. The van der Waals surface area contributed by atoms with E-state index in [2.05, 4.69) is 9.62 Å². The Kier molecular flexibility index (Phi) is 8.16. The standard InChI is InChI=1S/C22H27F2N3O4S/c1-2-31-18-5-3-17(4-6-18)16-26-11-13-27(14-12-26)22(28)9-10-25-32(29,30)19-7-8-20(23)21(24)15-19/h3-8,15,25H,2,9-14,16H2,1H3. The third-order valence-electron chi connectivity index (χ3n) is 5.20. The van der Waals surface area contributed by atoms with Crippen molar-refractivity contribution in [3.8, 4) is 5.75 Å². The van der Waals surface area contributed by atoms with E-state index in [1.165, 1.54) is 5.56 Å². The number of benzene rings is 2. The second-order valence-electron chi connectivity index (χ2n) is 7.46. The van der Waals surface area contributed by atoms with Gasteiger partial charge in [-0.15, -0.1) is 0 Å². The Labute approximate surface area is 187 Å². The molecule has 1 fully saturated rings. The predicted molar refractivity (Wildman–Crippen MR) is 116 cm³/mol. The Morgan fingerprint density at radius 3 is 2.34 bits per heavy atom. The van der Waals surface area contributed by atoms with Crippen LogP contribution in [0.2, 0.25) is 0 Å². The summed E-state index contributed by atoms with van der Waals surface area (Å²) in [4.78, 5) is 16.0. The molecule has 0 bridgehead atoms. The van der Waals surface area contributed by atoms with Crippen LogP contribution in [0.4, 0.5) is 8.78 Å². The molecule has 0 aliphatic carbocycles. The highest BCUT2D eigenvalue weighted by molar-refractivity contribution is 7.89. The highest BCUT2D eigenvalue weighted by Gasteiger charge is 2.22. The minimum Gasteiger partial charge on any atom is -0.494 e. The molecule has 0 saturated carbocycles. The van der Waals surface area contributed by atoms with E-state index in [1.807, 2.05) is 31.2 Å². The molecule has 0 aromatic heterocycles. The summed E-state index contributed by atoms with van der Waals surface area (Å²) < 4.78 is 58.4. The van der Waals surface area contributed by atoms with Crippen molar-refractivity contribution in [3.05, 3.63) is 59.7 Å². The van der Waals surface area contributed by atoms with Gasteiger partial charge in [0.25, 0.3) is 0 Å². The molecule has 7 nitrogen and oxygen atoms in total. The number of piperazine rings is 1. The first kappa shape index (κ1) is 24.1. The van der Waals surface area contributed by atoms with Gasteiger partial charge in [-0.3, -0.25) is 9.69 Å². The highest BCUT2D eigenvalue weighted by atomic mass is 32.2. The molecule has 1 N–H and O–H groups in total. The van der Waals surface area contributed by atoms with Crippen LogP contribution in [0.5, 0.6) is 5.75 Å². The molecule has 1 saturated heterocycles. The van der Waals surface area contributed by atoms with Crippen LogP contribution in [-0.4, -0.2) is 63.5 Å². The number of carbonyl (C=O) groups excluding carboxylic acids is 1. The molecule has 1 amide bonds. The van der Waals surface area contributed by atoms with E-state index in [4.69, 9.17) is 4.74 Å². The van der Waals surface area contributed by atoms with Gasteiger partial charge in [0.2, 0.25) is 15.9 Å². The van der Waals surface area contributed by atoms with Crippen molar-refractivity contribution in [2.45, 2.75) is 24.8 Å². The molecule has 0 atom stereocenters. The van der Waals surface area contributed by atoms with E-state index in [-0.39, 0.29) is 23.8 Å². The van der Waals surface area contributed by atoms with Crippen LogP contribution >= 0.6 is 0 Å². The zero-order chi connectivity index (χ0) is 23.1. The Bertz CT molecular complexity index is 1020. The Morgan fingerprint density at radius 1 is 1.03 bits per heavy atom. The number of sulfonamides is 1. The van der Waals surface area contributed by atoms with Gasteiger partial charge in [-0.2, -0.15) is 0 Å². The lowest BCUT2D eigenvalue weighted by molar-refractivity contribution is -0.132. The van der Waals surface area contributed by atoms with E-state index in [9.17, 15) is 22.0 Å². The van der Waals surface area contributed by atoms with Gasteiger partial charge in [0.15, 0.2) is 11.6 Å². The second-order valence-corrected chi connectivity index (χ2v) is 9.22. The molecule has 3 rings (SSSR count). The number of nitrogens with one attached hydrogen (secondary N) is 1. The number of halogens is 2. The second kappa shape index (κ2) is 10.8. The molecule has 0 unspecified atom stereocenters. The molecule has 0 radical (unpaired) electrons. The summed E-state index contributed by atoms with van der Waals surface area (Å²) in [5.74, 6) is -1.68. The topological polar surface area (TPSA) is 79.0 Å². The normalized spacial score (nSPS) is 15.0. The number of carbonyl (C=O) groups is 1. The van der Waals surface area contributed by atoms with Crippen LogP contribution in [0.1, 0.15) is 18.9 Å². The van der Waals surface area contributed by atoms with Crippen LogP contribution in [0.25, 0.3) is 0 Å². The fraction of sp³-hybridized carbons (Fsp3) is 0.409. The molecular weight excluding hydrogens is 440 g/mol. The lowest BCUT2D eigenvalue weighted by Crippen LogP contribution is -2.48. The van der Waals surface area contributed by atoms with Crippen LogP contribution < -0.4 is 9.46 Å². The van der Waals surface area contributed by atoms with Crippen molar-refractivity contribution in [1.82, 2.24) is 14.5 Å². The first-order chi connectivity index (χ1) is 15.3. The number of rotatable bonds is 9. The largest absolute Gasteiger partial charge is 0.494 e. The van der Waals surface area contributed by atoms with Crippen molar-refractivity contribution in [2.75, 3.05) is 39.3 Å². The van der Waals surface area contributed by atoms with Crippen LogP contribution in [0.15, 0.2) is 47.4 Å². The SMILES string of the molecule is CCOc1ccc(CN2CCN(C(=O)CCNS(=O)(=O)c3ccc(F)c(F)c3)CC2)cc1. The lowest BCUT2D eigenvalue weighted by Gasteiger charge is -2.34. The summed E-state index contributed by atoms with van der Waals surface area (Å²) >= 11 is 0. The van der Waals surface area contributed by atoms with E-state index < -0.39 is 21.7 Å². The summed E-state index contributed by atoms with van der Waals surface area (Å²) in [7, 11) is -4.02. The fourth-order valence-electron chi connectivity index (χ4n) is 3.45. The van der Waals surface area contributed by atoms with E-state index in [0.717, 1.165) is 37.5 Å². The van der Waals surface area contributed by atoms with Gasteiger partial charge < -0.3 is 9.64 Å². The van der Waals surface area contributed by atoms with E-state index in [1.54, 1.807) is 4.90 Å². The van der Waals surface area contributed by atoms with Gasteiger partial charge in [0.1, 0.15) is 5.75 Å². The molecule has 2 aromatic rings. The fourth-order valence-corrected chi connectivity index (χ4v) is 4.49. The average molecular weight is 468 g/mol. The molecule has 1 aliphatic rings. The first-order valence-corrected chi connectivity index (χ1v) is 11.9. The Hall–Kier alpha value is -2.56. The number of hydrogen-bond acceptors (Lipinski definition) is 5. The van der Waals surface area contributed by atoms with Gasteiger partial charge in [-0.25, -0.2) is 21.9 Å².